The molecule has 0 saturated carbocycles. The van der Waals surface area contributed by atoms with E-state index in [2.05, 4.69) is 19.8 Å². The summed E-state index contributed by atoms with van der Waals surface area (Å²) in [5.41, 5.74) is 0.965. The Morgan fingerprint density at radius 1 is 0.579 bits per heavy atom. The molecule has 0 bridgehead atoms. The first kappa shape index (κ1) is 33.7. The summed E-state index contributed by atoms with van der Waals surface area (Å²) in [5, 5.41) is 0. The molecule has 214 valence electrons. The Kier molecular flexibility index (Phi) is 21.1. The lowest BCUT2D eigenvalue weighted by molar-refractivity contribution is 0.0450. The maximum Gasteiger partial charge on any atom is 0.339 e. The summed E-state index contributed by atoms with van der Waals surface area (Å²) in [6.45, 7) is 5.19. The number of rotatable bonds is 24. The molecular formula is C34H54O4. The van der Waals surface area contributed by atoms with Gasteiger partial charge in [0.25, 0.3) is 0 Å². The van der Waals surface area contributed by atoms with Gasteiger partial charge in [-0.2, -0.15) is 0 Å². The molecule has 0 spiro atoms. The summed E-state index contributed by atoms with van der Waals surface area (Å²) in [5.74, 6) is 1.53. The molecule has 0 aliphatic carbocycles. The molecule has 0 aliphatic heterocycles. The highest BCUT2D eigenvalue weighted by molar-refractivity contribution is 6.03. The second kappa shape index (κ2) is 23.8. The first-order valence-electron chi connectivity index (χ1n) is 15.6. The highest BCUT2D eigenvalue weighted by atomic mass is 16.5. The van der Waals surface area contributed by atoms with E-state index >= 15 is 0 Å². The van der Waals surface area contributed by atoms with Gasteiger partial charge >= 0.3 is 11.9 Å². The zero-order valence-electron chi connectivity index (χ0n) is 24.5. The fourth-order valence-electron chi connectivity index (χ4n) is 4.65. The van der Waals surface area contributed by atoms with Gasteiger partial charge in [0.1, 0.15) is 0 Å². The topological polar surface area (TPSA) is 52.6 Å². The Balaban J connectivity index is 2.30. The number of hydrogen-bond donors (Lipinski definition) is 0. The van der Waals surface area contributed by atoms with Crippen molar-refractivity contribution in [3.63, 3.8) is 0 Å². The van der Waals surface area contributed by atoms with E-state index in [9.17, 15) is 9.59 Å². The van der Waals surface area contributed by atoms with Crippen molar-refractivity contribution in [1.82, 2.24) is 0 Å². The maximum atomic E-state index is 12.8. The smallest absolute Gasteiger partial charge is 0.339 e. The molecule has 38 heavy (non-hydrogen) atoms. The van der Waals surface area contributed by atoms with Crippen LogP contribution in [-0.2, 0) is 9.47 Å². The molecule has 0 aliphatic rings. The van der Waals surface area contributed by atoms with Crippen LogP contribution in [0.5, 0.6) is 0 Å². The zero-order valence-corrected chi connectivity index (χ0v) is 24.5. The molecule has 1 aromatic carbocycles. The number of unbranched alkanes of at least 4 members (excludes halogenated alkanes) is 18. The molecule has 1 rings (SSSR count). The van der Waals surface area contributed by atoms with Crippen LogP contribution in [0.3, 0.4) is 0 Å². The third kappa shape index (κ3) is 16.5. The summed E-state index contributed by atoms with van der Waals surface area (Å²) < 4.78 is 11.0. The van der Waals surface area contributed by atoms with Gasteiger partial charge in [-0.15, -0.1) is 6.42 Å². The van der Waals surface area contributed by atoms with E-state index in [0.717, 1.165) is 32.1 Å². The van der Waals surface area contributed by atoms with Gasteiger partial charge in [0, 0.05) is 5.56 Å². The van der Waals surface area contributed by atoms with Gasteiger partial charge in [-0.3, -0.25) is 0 Å². The van der Waals surface area contributed by atoms with Gasteiger partial charge in [0.2, 0.25) is 0 Å². The van der Waals surface area contributed by atoms with Crippen molar-refractivity contribution in [2.75, 3.05) is 13.2 Å². The fraction of sp³-hybridized carbons (Fsp3) is 0.706. The van der Waals surface area contributed by atoms with Crippen LogP contribution < -0.4 is 0 Å². The monoisotopic (exact) mass is 526 g/mol. The Hall–Kier alpha value is -2.28. The van der Waals surface area contributed by atoms with E-state index in [1.165, 1.54) is 96.3 Å². The van der Waals surface area contributed by atoms with Crippen LogP contribution in [-0.4, -0.2) is 25.2 Å². The van der Waals surface area contributed by atoms with Crippen LogP contribution >= 0.6 is 0 Å². The number of hydrogen-bond acceptors (Lipinski definition) is 4. The molecule has 4 nitrogen and oxygen atoms in total. The van der Waals surface area contributed by atoms with Crippen LogP contribution in [0.4, 0.5) is 0 Å². The van der Waals surface area contributed by atoms with Crippen molar-refractivity contribution < 1.29 is 19.1 Å². The van der Waals surface area contributed by atoms with Crippen LogP contribution in [0.1, 0.15) is 169 Å². The number of ether oxygens (including phenoxy) is 2. The fourth-order valence-corrected chi connectivity index (χ4v) is 4.65. The third-order valence-electron chi connectivity index (χ3n) is 7.09. The largest absolute Gasteiger partial charge is 0.462 e. The SMILES string of the molecule is C#Cc1ccc(C(=O)OCCCCCCCCCCCC)c(C(=O)OCCCCCCCCCCCC)c1. The lowest BCUT2D eigenvalue weighted by Gasteiger charge is -2.11. The molecule has 0 N–H and O–H groups in total. The maximum absolute atomic E-state index is 12.8. The van der Waals surface area contributed by atoms with E-state index in [1.54, 1.807) is 18.2 Å². The van der Waals surface area contributed by atoms with E-state index in [4.69, 9.17) is 15.9 Å². The van der Waals surface area contributed by atoms with Gasteiger partial charge in [-0.25, -0.2) is 9.59 Å². The summed E-state index contributed by atoms with van der Waals surface area (Å²) in [7, 11) is 0. The number of terminal acetylenes is 1. The lowest BCUT2D eigenvalue weighted by atomic mass is 10.0. The minimum atomic E-state index is -0.510. The summed E-state index contributed by atoms with van der Waals surface area (Å²) in [6.07, 6.45) is 29.9. The van der Waals surface area contributed by atoms with Gasteiger partial charge in [-0.1, -0.05) is 135 Å². The lowest BCUT2D eigenvalue weighted by Crippen LogP contribution is -2.15. The third-order valence-corrected chi connectivity index (χ3v) is 7.09. The minimum Gasteiger partial charge on any atom is -0.462 e. The highest BCUT2D eigenvalue weighted by Gasteiger charge is 2.20. The molecule has 0 heterocycles. The molecule has 0 saturated heterocycles. The van der Waals surface area contributed by atoms with Crippen LogP contribution in [0.15, 0.2) is 18.2 Å². The Morgan fingerprint density at radius 2 is 0.947 bits per heavy atom. The second-order valence-electron chi connectivity index (χ2n) is 10.5. The summed E-state index contributed by atoms with van der Waals surface area (Å²) in [4.78, 5) is 25.5. The van der Waals surface area contributed by atoms with E-state index in [-0.39, 0.29) is 11.1 Å². The minimum absolute atomic E-state index is 0.195. The van der Waals surface area contributed by atoms with Crippen molar-refractivity contribution in [3.05, 3.63) is 34.9 Å². The van der Waals surface area contributed by atoms with Crippen molar-refractivity contribution >= 4 is 11.9 Å². The molecule has 0 atom stereocenters. The summed E-state index contributed by atoms with van der Waals surface area (Å²) >= 11 is 0. The molecule has 0 amide bonds. The standard InChI is InChI=1S/C34H54O4/c1-4-7-9-11-13-15-17-19-21-23-27-37-33(35)31-26-25-30(6-3)29-32(31)34(36)38-28-24-22-20-18-16-14-12-10-8-5-2/h3,25-26,29H,4-5,7-24,27-28H2,1-2H3. The number of carbonyl (C=O) groups is 2. The van der Waals surface area contributed by atoms with Crippen molar-refractivity contribution in [3.8, 4) is 12.3 Å². The number of carbonyl (C=O) groups excluding carboxylic acids is 2. The van der Waals surface area contributed by atoms with E-state index < -0.39 is 11.9 Å². The average molecular weight is 527 g/mol. The van der Waals surface area contributed by atoms with Crippen molar-refractivity contribution in [1.29, 1.82) is 0 Å². The number of benzene rings is 1. The molecule has 1 aromatic rings. The average Bonchev–Trinajstić information content (AvgIpc) is 2.94. The molecule has 0 unspecified atom stereocenters. The zero-order chi connectivity index (χ0) is 27.7. The predicted molar refractivity (Wildman–Crippen MR) is 159 cm³/mol. The Bertz CT molecular complexity index is 792. The van der Waals surface area contributed by atoms with E-state index in [1.807, 2.05) is 0 Å². The Labute approximate surface area is 233 Å². The van der Waals surface area contributed by atoms with Gasteiger partial charge < -0.3 is 9.47 Å². The van der Waals surface area contributed by atoms with Crippen molar-refractivity contribution in [2.45, 2.75) is 142 Å². The van der Waals surface area contributed by atoms with Crippen molar-refractivity contribution in [2.24, 2.45) is 0 Å². The highest BCUT2D eigenvalue weighted by Crippen LogP contribution is 2.17. The predicted octanol–water partition coefficient (Wildman–Crippen LogP) is 9.82. The quantitative estimate of drug-likeness (QED) is 0.0764. The first-order chi connectivity index (χ1) is 18.6. The second-order valence-corrected chi connectivity index (χ2v) is 10.5. The molecule has 0 fully saturated rings. The van der Waals surface area contributed by atoms with Gasteiger partial charge in [0.15, 0.2) is 0 Å². The molecule has 0 aromatic heterocycles. The van der Waals surface area contributed by atoms with E-state index in [0.29, 0.717) is 18.8 Å². The van der Waals surface area contributed by atoms with Crippen LogP contribution in [0.25, 0.3) is 0 Å². The number of esters is 2. The van der Waals surface area contributed by atoms with Crippen LogP contribution in [0.2, 0.25) is 0 Å². The van der Waals surface area contributed by atoms with Gasteiger partial charge in [0.05, 0.1) is 24.3 Å². The van der Waals surface area contributed by atoms with Crippen LogP contribution in [0, 0.1) is 12.3 Å². The first-order valence-corrected chi connectivity index (χ1v) is 15.6. The Morgan fingerprint density at radius 3 is 1.34 bits per heavy atom. The summed E-state index contributed by atoms with van der Waals surface area (Å²) in [6, 6.07) is 4.79. The normalized spacial score (nSPS) is 10.8. The molecule has 0 radical (unpaired) electrons. The van der Waals surface area contributed by atoms with Gasteiger partial charge in [-0.05, 0) is 31.0 Å². The molecular weight excluding hydrogens is 472 g/mol. The molecule has 4 heteroatoms.